The number of hydrazone groups is 1. The molecule has 3 rings (SSSR count). The fraction of sp³-hybridized carbons (Fsp3) is 0.250. The molecule has 1 saturated carbocycles. The van der Waals surface area contributed by atoms with E-state index in [1.54, 1.807) is 0 Å². The van der Waals surface area contributed by atoms with Crippen molar-refractivity contribution in [3.8, 4) is 0 Å². The number of thiophene rings is 1. The summed E-state index contributed by atoms with van der Waals surface area (Å²) in [5.74, 6) is 0.361. The molecule has 0 bridgehead atoms. The van der Waals surface area contributed by atoms with Crippen molar-refractivity contribution in [2.45, 2.75) is 19.3 Å². The predicted molar refractivity (Wildman–Crippen MR) is 87.0 cm³/mol. The van der Waals surface area contributed by atoms with Crippen molar-refractivity contribution in [1.29, 1.82) is 0 Å². The topological polar surface area (TPSA) is 41.5 Å². The SMILES string of the molecule is C/C(=N/NC(=O)[C@H]1C[C@H]1c1ccccc1)c1ccc(Cl)s1. The molecule has 0 radical (unpaired) electrons. The molecule has 0 saturated heterocycles. The number of carbonyl (C=O) groups excluding carboxylic acids is 1. The van der Waals surface area contributed by atoms with Crippen molar-refractivity contribution in [1.82, 2.24) is 5.43 Å². The highest BCUT2D eigenvalue weighted by molar-refractivity contribution is 7.18. The summed E-state index contributed by atoms with van der Waals surface area (Å²) in [7, 11) is 0. The second kappa shape index (κ2) is 6.00. The summed E-state index contributed by atoms with van der Waals surface area (Å²) < 4.78 is 0.720. The molecule has 0 unspecified atom stereocenters. The molecule has 0 spiro atoms. The molecule has 5 heteroatoms. The Morgan fingerprint density at radius 3 is 2.71 bits per heavy atom. The Kier molecular flexibility index (Phi) is 4.08. The molecule has 1 aliphatic rings. The third-order valence-corrected chi connectivity index (χ3v) is 4.96. The Bertz CT molecular complexity index is 681. The average molecular weight is 319 g/mol. The minimum absolute atomic E-state index is 0.00847. The first kappa shape index (κ1) is 14.3. The van der Waals surface area contributed by atoms with Crippen LogP contribution in [0.15, 0.2) is 47.6 Å². The highest BCUT2D eigenvalue weighted by Crippen LogP contribution is 2.47. The van der Waals surface area contributed by atoms with Gasteiger partial charge in [-0.2, -0.15) is 5.10 Å². The smallest absolute Gasteiger partial charge is 0.243 e. The molecular formula is C16H15ClN2OS. The largest absolute Gasteiger partial charge is 0.273 e. The lowest BCUT2D eigenvalue weighted by Gasteiger charge is -2.01. The summed E-state index contributed by atoms with van der Waals surface area (Å²) in [6.45, 7) is 1.87. The second-order valence-electron chi connectivity index (χ2n) is 5.14. The quantitative estimate of drug-likeness (QED) is 0.670. The lowest BCUT2D eigenvalue weighted by Crippen LogP contribution is -2.21. The Balaban J connectivity index is 1.58. The van der Waals surface area contributed by atoms with Crippen LogP contribution < -0.4 is 5.43 Å². The average Bonchev–Trinajstić information content (AvgIpc) is 3.20. The monoisotopic (exact) mass is 318 g/mol. The number of hydrogen-bond acceptors (Lipinski definition) is 3. The van der Waals surface area contributed by atoms with E-state index in [-0.39, 0.29) is 11.8 Å². The molecule has 1 N–H and O–H groups in total. The first-order valence-corrected chi connectivity index (χ1v) is 7.99. The Hall–Kier alpha value is -1.65. The third kappa shape index (κ3) is 3.34. The summed E-state index contributed by atoms with van der Waals surface area (Å²) in [5, 5.41) is 4.17. The maximum Gasteiger partial charge on any atom is 0.243 e. The zero-order valence-corrected chi connectivity index (χ0v) is 13.1. The number of carbonyl (C=O) groups is 1. The molecule has 1 fully saturated rings. The summed E-state index contributed by atoms with van der Waals surface area (Å²) in [4.78, 5) is 13.1. The molecule has 1 heterocycles. The van der Waals surface area contributed by atoms with Gasteiger partial charge in [0.2, 0.25) is 5.91 Å². The number of nitrogens with zero attached hydrogens (tertiary/aromatic N) is 1. The molecule has 0 aliphatic heterocycles. The van der Waals surface area contributed by atoms with Crippen molar-refractivity contribution < 1.29 is 4.79 Å². The molecule has 1 aliphatic carbocycles. The highest BCUT2D eigenvalue weighted by atomic mass is 35.5. The first-order valence-electron chi connectivity index (χ1n) is 6.80. The Morgan fingerprint density at radius 1 is 1.29 bits per heavy atom. The van der Waals surface area contributed by atoms with Gasteiger partial charge in [0.1, 0.15) is 0 Å². The van der Waals surface area contributed by atoms with Gasteiger partial charge in [-0.05, 0) is 37.0 Å². The van der Waals surface area contributed by atoms with Crippen LogP contribution in [0, 0.1) is 5.92 Å². The van der Waals surface area contributed by atoms with Gasteiger partial charge in [-0.1, -0.05) is 41.9 Å². The van der Waals surface area contributed by atoms with Crippen LogP contribution in [-0.2, 0) is 4.79 Å². The van der Waals surface area contributed by atoms with Gasteiger partial charge in [-0.3, -0.25) is 4.79 Å². The van der Waals surface area contributed by atoms with Crippen molar-refractivity contribution >= 4 is 34.6 Å². The van der Waals surface area contributed by atoms with E-state index in [0.717, 1.165) is 21.3 Å². The van der Waals surface area contributed by atoms with Crippen LogP contribution >= 0.6 is 22.9 Å². The number of rotatable bonds is 4. The van der Waals surface area contributed by atoms with Crippen LogP contribution in [0.5, 0.6) is 0 Å². The molecular weight excluding hydrogens is 304 g/mol. The number of benzene rings is 1. The molecule has 1 aromatic carbocycles. The van der Waals surface area contributed by atoms with E-state index in [1.807, 2.05) is 37.3 Å². The fourth-order valence-corrected chi connectivity index (χ4v) is 3.33. The van der Waals surface area contributed by atoms with E-state index in [1.165, 1.54) is 16.9 Å². The van der Waals surface area contributed by atoms with E-state index < -0.39 is 0 Å². The molecule has 108 valence electrons. The van der Waals surface area contributed by atoms with Crippen LogP contribution in [0.3, 0.4) is 0 Å². The molecule has 1 aromatic heterocycles. The summed E-state index contributed by atoms with van der Waals surface area (Å²) >= 11 is 7.34. The van der Waals surface area contributed by atoms with Crippen LogP contribution in [0.2, 0.25) is 4.34 Å². The van der Waals surface area contributed by atoms with E-state index in [2.05, 4.69) is 22.7 Å². The van der Waals surface area contributed by atoms with E-state index >= 15 is 0 Å². The van der Waals surface area contributed by atoms with Gasteiger partial charge in [-0.15, -0.1) is 11.3 Å². The molecule has 1 amide bonds. The van der Waals surface area contributed by atoms with Gasteiger partial charge < -0.3 is 0 Å². The van der Waals surface area contributed by atoms with Gasteiger partial charge in [0.05, 0.1) is 14.9 Å². The lowest BCUT2D eigenvalue weighted by molar-refractivity contribution is -0.122. The van der Waals surface area contributed by atoms with E-state index in [9.17, 15) is 4.79 Å². The summed E-state index contributed by atoms with van der Waals surface area (Å²) in [6, 6.07) is 13.9. The van der Waals surface area contributed by atoms with E-state index in [4.69, 9.17) is 11.6 Å². The fourth-order valence-electron chi connectivity index (χ4n) is 2.34. The molecule has 2 aromatic rings. The number of amides is 1. The van der Waals surface area contributed by atoms with Crippen LogP contribution in [0.1, 0.15) is 29.7 Å². The maximum absolute atomic E-state index is 12.1. The Morgan fingerprint density at radius 2 is 2.05 bits per heavy atom. The van der Waals surface area contributed by atoms with Gasteiger partial charge in [0.15, 0.2) is 0 Å². The van der Waals surface area contributed by atoms with Crippen molar-refractivity contribution in [3.05, 3.63) is 57.2 Å². The predicted octanol–water partition coefficient (Wildman–Crippen LogP) is 4.05. The maximum atomic E-state index is 12.1. The zero-order valence-electron chi connectivity index (χ0n) is 11.5. The minimum atomic E-state index is -0.00847. The molecule has 2 atom stereocenters. The molecule has 21 heavy (non-hydrogen) atoms. The van der Waals surface area contributed by atoms with Crippen LogP contribution in [0.25, 0.3) is 0 Å². The van der Waals surface area contributed by atoms with Crippen LogP contribution in [-0.4, -0.2) is 11.6 Å². The van der Waals surface area contributed by atoms with Crippen LogP contribution in [0.4, 0.5) is 0 Å². The van der Waals surface area contributed by atoms with Gasteiger partial charge in [0.25, 0.3) is 0 Å². The number of hydrogen-bond donors (Lipinski definition) is 1. The standard InChI is InChI=1S/C16H15ClN2OS/c1-10(14-7-8-15(17)21-14)18-19-16(20)13-9-12(13)11-5-3-2-4-6-11/h2-8,12-13H,9H2,1H3,(H,19,20)/b18-10-/t12-,13-/m0/s1. The molecule has 3 nitrogen and oxygen atoms in total. The Labute approximate surface area is 132 Å². The van der Waals surface area contributed by atoms with Gasteiger partial charge in [0, 0.05) is 5.92 Å². The van der Waals surface area contributed by atoms with Gasteiger partial charge >= 0.3 is 0 Å². The first-order chi connectivity index (χ1) is 10.1. The van der Waals surface area contributed by atoms with Crippen molar-refractivity contribution in [2.75, 3.05) is 0 Å². The van der Waals surface area contributed by atoms with Crippen molar-refractivity contribution in [3.63, 3.8) is 0 Å². The summed E-state index contributed by atoms with van der Waals surface area (Å²) in [6.07, 6.45) is 0.898. The lowest BCUT2D eigenvalue weighted by atomic mass is 10.1. The third-order valence-electron chi connectivity index (χ3n) is 3.62. The van der Waals surface area contributed by atoms with Crippen molar-refractivity contribution in [2.24, 2.45) is 11.0 Å². The zero-order chi connectivity index (χ0) is 14.8. The van der Waals surface area contributed by atoms with Gasteiger partial charge in [-0.25, -0.2) is 5.43 Å². The summed E-state index contributed by atoms with van der Waals surface area (Å²) in [5.41, 5.74) is 4.66. The minimum Gasteiger partial charge on any atom is -0.273 e. The number of nitrogens with one attached hydrogen (secondary N) is 1. The highest BCUT2D eigenvalue weighted by Gasteiger charge is 2.43. The normalized spacial score (nSPS) is 21.1. The van der Waals surface area contributed by atoms with E-state index in [0.29, 0.717) is 5.92 Å². The second-order valence-corrected chi connectivity index (χ2v) is 6.85. The number of halogens is 1.